The van der Waals surface area contributed by atoms with Gasteiger partial charge < -0.3 is 5.11 Å². The van der Waals surface area contributed by atoms with Crippen LogP contribution >= 0.6 is 0 Å². The highest BCUT2D eigenvalue weighted by molar-refractivity contribution is 5.31. The molecule has 0 saturated heterocycles. The highest BCUT2D eigenvalue weighted by Crippen LogP contribution is 2.86. The van der Waals surface area contributed by atoms with Crippen molar-refractivity contribution in [2.75, 3.05) is 0 Å². The number of aliphatic hydroxyl groups is 1. The lowest BCUT2D eigenvalue weighted by Gasteiger charge is -2.25. The summed E-state index contributed by atoms with van der Waals surface area (Å²) in [5.74, 6) is 2.27. The zero-order valence-electron chi connectivity index (χ0n) is 8.88. The van der Waals surface area contributed by atoms with Gasteiger partial charge in [0.05, 0.1) is 6.10 Å². The van der Waals surface area contributed by atoms with Crippen molar-refractivity contribution in [1.29, 1.82) is 0 Å². The van der Waals surface area contributed by atoms with Crippen molar-refractivity contribution in [1.82, 2.24) is 0 Å². The Morgan fingerprint density at radius 3 is 2.46 bits per heavy atom. The number of hydrogen-bond donors (Lipinski definition) is 1. The molecular weight excluding hydrogens is 160 g/mol. The van der Waals surface area contributed by atoms with Crippen LogP contribution < -0.4 is 0 Å². The fourth-order valence-corrected chi connectivity index (χ4v) is 5.57. The first-order chi connectivity index (χ1) is 6.05. The summed E-state index contributed by atoms with van der Waals surface area (Å²) in [6.45, 7) is 7.18. The standard InChI is InChI=1S/C12H20O/c1-7-4-5-11(3)10-9(13)6-8(2)12(7,10)11/h7-10,13H,4-6H2,1-3H3/t7-,8-,9-,10?,11?,12?/m1/s1. The summed E-state index contributed by atoms with van der Waals surface area (Å²) in [4.78, 5) is 0. The third-order valence-corrected chi connectivity index (χ3v) is 5.81. The summed E-state index contributed by atoms with van der Waals surface area (Å²) in [7, 11) is 0. The normalized spacial score (nSPS) is 69.2. The first-order valence-electron chi connectivity index (χ1n) is 5.73. The Bertz CT molecular complexity index is 262. The largest absolute Gasteiger partial charge is 0.393 e. The van der Waals surface area contributed by atoms with Gasteiger partial charge in [-0.25, -0.2) is 0 Å². The van der Waals surface area contributed by atoms with Crippen LogP contribution in [0.25, 0.3) is 0 Å². The second kappa shape index (κ2) is 1.98. The van der Waals surface area contributed by atoms with E-state index in [1.165, 1.54) is 12.8 Å². The highest BCUT2D eigenvalue weighted by Gasteiger charge is 2.83. The van der Waals surface area contributed by atoms with Gasteiger partial charge in [0, 0.05) is 0 Å². The molecule has 0 aromatic rings. The molecule has 0 heterocycles. The predicted molar refractivity (Wildman–Crippen MR) is 52.2 cm³/mol. The number of rotatable bonds is 0. The molecule has 1 spiro atoms. The van der Waals surface area contributed by atoms with Crippen molar-refractivity contribution in [2.24, 2.45) is 28.6 Å². The Labute approximate surface area is 80.5 Å². The van der Waals surface area contributed by atoms with Crippen LogP contribution in [0.1, 0.15) is 40.0 Å². The van der Waals surface area contributed by atoms with Crippen molar-refractivity contribution >= 4 is 0 Å². The topological polar surface area (TPSA) is 20.2 Å². The first kappa shape index (κ1) is 8.28. The van der Waals surface area contributed by atoms with Gasteiger partial charge in [-0.05, 0) is 47.8 Å². The SMILES string of the molecule is C[C@@H]1CCC2(C)C3[C@H](O)C[C@@H](C)C312. The van der Waals surface area contributed by atoms with E-state index in [1.807, 2.05) is 0 Å². The van der Waals surface area contributed by atoms with E-state index in [-0.39, 0.29) is 6.10 Å². The maximum atomic E-state index is 9.99. The zero-order valence-corrected chi connectivity index (χ0v) is 8.88. The molecule has 1 heteroatoms. The van der Waals surface area contributed by atoms with Gasteiger partial charge in [0.25, 0.3) is 0 Å². The third-order valence-electron chi connectivity index (χ3n) is 5.81. The van der Waals surface area contributed by atoms with E-state index in [2.05, 4.69) is 20.8 Å². The minimum atomic E-state index is 0.0164. The summed E-state index contributed by atoms with van der Waals surface area (Å²) in [6.07, 6.45) is 3.83. The molecule has 3 rings (SSSR count). The molecule has 1 N–H and O–H groups in total. The van der Waals surface area contributed by atoms with Crippen molar-refractivity contribution < 1.29 is 5.11 Å². The van der Waals surface area contributed by atoms with Crippen LogP contribution in [0, 0.1) is 28.6 Å². The Kier molecular flexibility index (Phi) is 1.26. The van der Waals surface area contributed by atoms with E-state index in [1.54, 1.807) is 0 Å². The number of fused-ring (bicyclic) bond motifs is 1. The van der Waals surface area contributed by atoms with E-state index in [4.69, 9.17) is 0 Å². The molecule has 1 nitrogen and oxygen atoms in total. The predicted octanol–water partition coefficient (Wildman–Crippen LogP) is 2.44. The van der Waals surface area contributed by atoms with Gasteiger partial charge in [-0.2, -0.15) is 0 Å². The molecule has 0 radical (unpaired) electrons. The summed E-state index contributed by atoms with van der Waals surface area (Å²) >= 11 is 0. The fourth-order valence-electron chi connectivity index (χ4n) is 5.57. The van der Waals surface area contributed by atoms with Gasteiger partial charge in [0.15, 0.2) is 0 Å². The highest BCUT2D eigenvalue weighted by atomic mass is 16.3. The number of aliphatic hydroxyl groups excluding tert-OH is 1. The average molecular weight is 180 g/mol. The molecule has 0 aliphatic heterocycles. The van der Waals surface area contributed by atoms with Crippen molar-refractivity contribution in [2.45, 2.75) is 46.1 Å². The molecule has 3 aliphatic rings. The van der Waals surface area contributed by atoms with Gasteiger partial charge in [-0.1, -0.05) is 20.8 Å². The fraction of sp³-hybridized carbons (Fsp3) is 1.00. The van der Waals surface area contributed by atoms with E-state index in [9.17, 15) is 5.11 Å². The Hall–Kier alpha value is -0.0400. The summed E-state index contributed by atoms with van der Waals surface area (Å²) < 4.78 is 0. The zero-order chi connectivity index (χ0) is 9.43. The third kappa shape index (κ3) is 0.587. The molecule has 74 valence electrons. The summed E-state index contributed by atoms with van der Waals surface area (Å²) in [6, 6.07) is 0. The van der Waals surface area contributed by atoms with Crippen LogP contribution in [0.2, 0.25) is 0 Å². The minimum absolute atomic E-state index is 0.0164. The van der Waals surface area contributed by atoms with Crippen molar-refractivity contribution in [3.8, 4) is 0 Å². The van der Waals surface area contributed by atoms with Crippen LogP contribution in [0.15, 0.2) is 0 Å². The second-order valence-electron chi connectivity index (χ2n) is 5.97. The Morgan fingerprint density at radius 1 is 1.23 bits per heavy atom. The van der Waals surface area contributed by atoms with Crippen LogP contribution in [-0.4, -0.2) is 11.2 Å². The lowest BCUT2D eigenvalue weighted by molar-refractivity contribution is 0.123. The molecule has 3 unspecified atom stereocenters. The van der Waals surface area contributed by atoms with E-state index in [0.29, 0.717) is 16.7 Å². The van der Waals surface area contributed by atoms with E-state index in [0.717, 1.165) is 18.3 Å². The van der Waals surface area contributed by atoms with E-state index >= 15 is 0 Å². The minimum Gasteiger partial charge on any atom is -0.393 e. The van der Waals surface area contributed by atoms with Crippen LogP contribution in [-0.2, 0) is 0 Å². The summed E-state index contributed by atoms with van der Waals surface area (Å²) in [5.41, 5.74) is 1.07. The lowest BCUT2D eigenvalue weighted by atomic mass is 9.79. The Balaban J connectivity index is 2.06. The molecule has 13 heavy (non-hydrogen) atoms. The average Bonchev–Trinajstić information content (AvgIpc) is 2.35. The lowest BCUT2D eigenvalue weighted by Crippen LogP contribution is -2.20. The number of hydrogen-bond acceptors (Lipinski definition) is 1. The van der Waals surface area contributed by atoms with Crippen molar-refractivity contribution in [3.05, 3.63) is 0 Å². The molecule has 6 atom stereocenters. The van der Waals surface area contributed by atoms with Gasteiger partial charge >= 0.3 is 0 Å². The maximum absolute atomic E-state index is 9.99. The van der Waals surface area contributed by atoms with Crippen LogP contribution in [0.3, 0.4) is 0 Å². The quantitative estimate of drug-likeness (QED) is 0.607. The molecule has 0 aromatic carbocycles. The summed E-state index contributed by atoms with van der Waals surface area (Å²) in [5, 5.41) is 9.99. The molecule has 3 saturated carbocycles. The van der Waals surface area contributed by atoms with Gasteiger partial charge in [-0.15, -0.1) is 0 Å². The van der Waals surface area contributed by atoms with Gasteiger partial charge in [0.2, 0.25) is 0 Å². The molecule has 0 aromatic heterocycles. The molecule has 0 bridgehead atoms. The molecule has 3 fully saturated rings. The molecular formula is C12H20O. The monoisotopic (exact) mass is 180 g/mol. The molecule has 0 amide bonds. The van der Waals surface area contributed by atoms with Crippen LogP contribution in [0.4, 0.5) is 0 Å². The molecule has 3 aliphatic carbocycles. The van der Waals surface area contributed by atoms with E-state index < -0.39 is 0 Å². The smallest absolute Gasteiger partial charge is 0.0582 e. The van der Waals surface area contributed by atoms with Gasteiger partial charge in [-0.3, -0.25) is 0 Å². The van der Waals surface area contributed by atoms with Gasteiger partial charge in [0.1, 0.15) is 0 Å². The van der Waals surface area contributed by atoms with Crippen LogP contribution in [0.5, 0.6) is 0 Å². The maximum Gasteiger partial charge on any atom is 0.0582 e. The van der Waals surface area contributed by atoms with Crippen molar-refractivity contribution in [3.63, 3.8) is 0 Å². The first-order valence-corrected chi connectivity index (χ1v) is 5.73. The Morgan fingerprint density at radius 2 is 1.92 bits per heavy atom. The second-order valence-corrected chi connectivity index (χ2v) is 5.97.